The van der Waals surface area contributed by atoms with Crippen LogP contribution >= 0.6 is 0 Å². The van der Waals surface area contributed by atoms with E-state index in [-0.39, 0.29) is 0 Å². The van der Waals surface area contributed by atoms with E-state index in [1.54, 1.807) is 0 Å². The smallest absolute Gasteiger partial charge is 0.226 e. The Balaban J connectivity index is 1.80. The van der Waals surface area contributed by atoms with Gasteiger partial charge in [-0.2, -0.15) is 0 Å². The molecule has 1 saturated heterocycles. The molecule has 1 aromatic carbocycles. The average molecular weight is 270 g/mol. The molecule has 1 fully saturated rings. The Hall–Kier alpha value is -1.61. The standard InChI is InChI=1S/C17H22N2O/c1-13-7-6-8-15(11-13)17-18-16(14(2)20-17)12-19-9-4-3-5-10-19/h6-8,11H,3-5,9-10,12H2,1-2H3. The van der Waals surface area contributed by atoms with Crippen LogP contribution in [-0.2, 0) is 6.54 Å². The van der Waals surface area contributed by atoms with Crippen LogP contribution in [0.2, 0.25) is 0 Å². The molecule has 0 spiro atoms. The van der Waals surface area contributed by atoms with Crippen molar-refractivity contribution in [2.75, 3.05) is 13.1 Å². The largest absolute Gasteiger partial charge is 0.441 e. The molecule has 1 aliphatic rings. The highest BCUT2D eigenvalue weighted by atomic mass is 16.4. The van der Waals surface area contributed by atoms with Crippen LogP contribution in [0.25, 0.3) is 11.5 Å². The fraction of sp³-hybridized carbons (Fsp3) is 0.471. The lowest BCUT2D eigenvalue weighted by Gasteiger charge is -2.25. The minimum absolute atomic E-state index is 0.748. The van der Waals surface area contributed by atoms with Gasteiger partial charge in [-0.15, -0.1) is 0 Å². The third kappa shape index (κ3) is 2.93. The fourth-order valence-corrected chi connectivity index (χ4v) is 2.81. The Morgan fingerprint density at radius 1 is 1.15 bits per heavy atom. The minimum Gasteiger partial charge on any atom is -0.441 e. The van der Waals surface area contributed by atoms with Gasteiger partial charge in [0.1, 0.15) is 5.76 Å². The van der Waals surface area contributed by atoms with Gasteiger partial charge in [-0.05, 0) is 51.9 Å². The van der Waals surface area contributed by atoms with Crippen LogP contribution in [0.1, 0.15) is 36.3 Å². The maximum absolute atomic E-state index is 5.86. The first kappa shape index (κ1) is 13.4. The number of hydrogen-bond donors (Lipinski definition) is 0. The third-order valence-electron chi connectivity index (χ3n) is 3.98. The summed E-state index contributed by atoms with van der Waals surface area (Å²) in [6, 6.07) is 8.32. The second-order valence-corrected chi connectivity index (χ2v) is 5.73. The molecular formula is C17H22N2O. The van der Waals surface area contributed by atoms with Gasteiger partial charge in [0.15, 0.2) is 0 Å². The summed E-state index contributed by atoms with van der Waals surface area (Å²) in [5.41, 5.74) is 3.39. The first-order chi connectivity index (χ1) is 9.72. The molecule has 0 radical (unpaired) electrons. The van der Waals surface area contributed by atoms with Crippen molar-refractivity contribution >= 4 is 0 Å². The van der Waals surface area contributed by atoms with Crippen molar-refractivity contribution in [1.29, 1.82) is 0 Å². The molecule has 3 rings (SSSR count). The first-order valence-corrected chi connectivity index (χ1v) is 7.48. The zero-order valence-corrected chi connectivity index (χ0v) is 12.4. The van der Waals surface area contributed by atoms with Crippen LogP contribution in [0.3, 0.4) is 0 Å². The normalized spacial score (nSPS) is 16.5. The number of nitrogens with zero attached hydrogens (tertiary/aromatic N) is 2. The van der Waals surface area contributed by atoms with Crippen LogP contribution in [-0.4, -0.2) is 23.0 Å². The van der Waals surface area contributed by atoms with Crippen molar-refractivity contribution < 1.29 is 4.42 Å². The van der Waals surface area contributed by atoms with Crippen LogP contribution in [0, 0.1) is 13.8 Å². The number of benzene rings is 1. The van der Waals surface area contributed by atoms with E-state index in [9.17, 15) is 0 Å². The molecule has 0 aliphatic carbocycles. The van der Waals surface area contributed by atoms with E-state index in [2.05, 4.69) is 36.1 Å². The first-order valence-electron chi connectivity index (χ1n) is 7.48. The van der Waals surface area contributed by atoms with E-state index in [1.165, 1.54) is 37.9 Å². The number of likely N-dealkylation sites (tertiary alicyclic amines) is 1. The highest BCUT2D eigenvalue weighted by molar-refractivity contribution is 5.54. The Kier molecular flexibility index (Phi) is 3.88. The molecule has 0 atom stereocenters. The average Bonchev–Trinajstić information content (AvgIpc) is 2.81. The van der Waals surface area contributed by atoms with E-state index in [0.717, 1.165) is 29.5 Å². The fourth-order valence-electron chi connectivity index (χ4n) is 2.81. The molecule has 106 valence electrons. The molecule has 20 heavy (non-hydrogen) atoms. The maximum atomic E-state index is 5.86. The van der Waals surface area contributed by atoms with E-state index < -0.39 is 0 Å². The molecule has 1 aliphatic heterocycles. The Bertz CT molecular complexity index is 582. The summed E-state index contributed by atoms with van der Waals surface area (Å²) in [6.07, 6.45) is 3.98. The molecule has 0 N–H and O–H groups in total. The SMILES string of the molecule is Cc1cccc(-c2nc(CN3CCCCC3)c(C)o2)c1. The highest BCUT2D eigenvalue weighted by Crippen LogP contribution is 2.24. The second-order valence-electron chi connectivity index (χ2n) is 5.73. The lowest BCUT2D eigenvalue weighted by Crippen LogP contribution is -2.29. The number of aromatic nitrogens is 1. The number of aryl methyl sites for hydroxylation is 2. The highest BCUT2D eigenvalue weighted by Gasteiger charge is 2.16. The van der Waals surface area contributed by atoms with Crippen LogP contribution < -0.4 is 0 Å². The van der Waals surface area contributed by atoms with Gasteiger partial charge in [-0.3, -0.25) is 4.90 Å². The molecule has 2 heterocycles. The molecule has 0 saturated carbocycles. The van der Waals surface area contributed by atoms with Crippen LogP contribution in [0.15, 0.2) is 28.7 Å². The quantitative estimate of drug-likeness (QED) is 0.846. The molecule has 1 aromatic heterocycles. The Labute approximate surface area is 120 Å². The van der Waals surface area contributed by atoms with Crippen LogP contribution in [0.5, 0.6) is 0 Å². The van der Waals surface area contributed by atoms with Crippen molar-refractivity contribution in [3.63, 3.8) is 0 Å². The van der Waals surface area contributed by atoms with Crippen LogP contribution in [0.4, 0.5) is 0 Å². The topological polar surface area (TPSA) is 29.3 Å². The molecule has 3 nitrogen and oxygen atoms in total. The molecule has 0 unspecified atom stereocenters. The number of hydrogen-bond acceptors (Lipinski definition) is 3. The van der Waals surface area contributed by atoms with E-state index in [4.69, 9.17) is 9.40 Å². The van der Waals surface area contributed by atoms with E-state index in [0.29, 0.717) is 0 Å². The van der Waals surface area contributed by atoms with Crippen molar-refractivity contribution in [2.45, 2.75) is 39.7 Å². The number of rotatable bonds is 3. The predicted molar refractivity (Wildman–Crippen MR) is 80.5 cm³/mol. The van der Waals surface area contributed by atoms with Gasteiger partial charge in [0.2, 0.25) is 5.89 Å². The van der Waals surface area contributed by atoms with Gasteiger partial charge in [0.05, 0.1) is 5.69 Å². The van der Waals surface area contributed by atoms with Gasteiger partial charge in [-0.1, -0.05) is 24.1 Å². The lowest BCUT2D eigenvalue weighted by molar-refractivity contribution is 0.218. The summed E-state index contributed by atoms with van der Waals surface area (Å²) in [5, 5.41) is 0. The summed E-state index contributed by atoms with van der Waals surface area (Å²) >= 11 is 0. The van der Waals surface area contributed by atoms with Crippen molar-refractivity contribution in [1.82, 2.24) is 9.88 Å². The Morgan fingerprint density at radius 2 is 1.95 bits per heavy atom. The van der Waals surface area contributed by atoms with E-state index >= 15 is 0 Å². The van der Waals surface area contributed by atoms with Gasteiger partial charge >= 0.3 is 0 Å². The minimum atomic E-state index is 0.748. The number of oxazole rings is 1. The van der Waals surface area contributed by atoms with Crippen molar-refractivity contribution in [3.8, 4) is 11.5 Å². The number of piperidine rings is 1. The summed E-state index contributed by atoms with van der Waals surface area (Å²) in [5.74, 6) is 1.70. The second kappa shape index (κ2) is 5.80. The zero-order chi connectivity index (χ0) is 13.9. The summed E-state index contributed by atoms with van der Waals surface area (Å²) < 4.78 is 5.86. The Morgan fingerprint density at radius 3 is 2.70 bits per heavy atom. The molecular weight excluding hydrogens is 248 g/mol. The maximum Gasteiger partial charge on any atom is 0.226 e. The monoisotopic (exact) mass is 270 g/mol. The third-order valence-corrected chi connectivity index (χ3v) is 3.98. The molecule has 2 aromatic rings. The lowest BCUT2D eigenvalue weighted by atomic mass is 10.1. The van der Waals surface area contributed by atoms with Gasteiger partial charge in [-0.25, -0.2) is 4.98 Å². The van der Waals surface area contributed by atoms with Gasteiger partial charge < -0.3 is 4.42 Å². The molecule has 0 amide bonds. The molecule has 0 bridgehead atoms. The van der Waals surface area contributed by atoms with Crippen molar-refractivity contribution in [2.24, 2.45) is 0 Å². The van der Waals surface area contributed by atoms with Gasteiger partial charge in [0, 0.05) is 12.1 Å². The van der Waals surface area contributed by atoms with Crippen molar-refractivity contribution in [3.05, 3.63) is 41.3 Å². The summed E-state index contributed by atoms with van der Waals surface area (Å²) in [4.78, 5) is 7.19. The van der Waals surface area contributed by atoms with E-state index in [1.807, 2.05) is 6.92 Å². The van der Waals surface area contributed by atoms with Gasteiger partial charge in [0.25, 0.3) is 0 Å². The molecule has 3 heteroatoms. The predicted octanol–water partition coefficient (Wildman–Crippen LogP) is 3.94. The zero-order valence-electron chi connectivity index (χ0n) is 12.4. The summed E-state index contributed by atoms with van der Waals surface area (Å²) in [6.45, 7) is 7.40. The summed E-state index contributed by atoms with van der Waals surface area (Å²) in [7, 11) is 0.